The molecule has 0 radical (unpaired) electrons. The second-order valence-corrected chi connectivity index (χ2v) is 5.58. The number of carbonyl (C=O) groups excluding carboxylic acids is 1. The van der Waals surface area contributed by atoms with Crippen molar-refractivity contribution in [3.05, 3.63) is 57.8 Å². The van der Waals surface area contributed by atoms with E-state index in [0.717, 1.165) is 6.07 Å². The normalized spacial score (nSPS) is 12.0. The van der Waals surface area contributed by atoms with Crippen molar-refractivity contribution in [2.75, 3.05) is 5.32 Å². The van der Waals surface area contributed by atoms with Gasteiger partial charge in [0.1, 0.15) is 11.4 Å². The molecule has 1 aromatic carbocycles. The van der Waals surface area contributed by atoms with Gasteiger partial charge in [0, 0.05) is 16.9 Å². The standard InChI is InChI=1S/C15H10Cl2F3N3O2/c1-8(13-12(17)6-9(7-21-13)15(18,19)20)23-25-14(24)22-11-4-2-10(16)3-5-11/h2-7H,1H3,(H,22,24)/b23-8+. The molecule has 2 aromatic rings. The van der Waals surface area contributed by atoms with Gasteiger partial charge >= 0.3 is 12.3 Å². The summed E-state index contributed by atoms with van der Waals surface area (Å²) in [6, 6.07) is 6.95. The van der Waals surface area contributed by atoms with E-state index in [1.54, 1.807) is 24.3 Å². The number of anilines is 1. The Balaban J connectivity index is 2.05. The zero-order chi connectivity index (χ0) is 18.6. The molecular weight excluding hydrogens is 382 g/mol. The van der Waals surface area contributed by atoms with Gasteiger partial charge in [0.05, 0.1) is 10.6 Å². The van der Waals surface area contributed by atoms with Crippen molar-refractivity contribution in [1.82, 2.24) is 4.98 Å². The average molecular weight is 392 g/mol. The Hall–Kier alpha value is -2.32. The molecule has 0 fully saturated rings. The minimum absolute atomic E-state index is 0.0324. The van der Waals surface area contributed by atoms with Gasteiger partial charge in [-0.05, 0) is 37.3 Å². The molecule has 0 aliphatic heterocycles. The number of hydrogen-bond donors (Lipinski definition) is 1. The van der Waals surface area contributed by atoms with Gasteiger partial charge in [-0.25, -0.2) is 4.79 Å². The van der Waals surface area contributed by atoms with E-state index >= 15 is 0 Å². The predicted octanol–water partition coefficient (Wildman–Crippen LogP) is 5.38. The van der Waals surface area contributed by atoms with E-state index in [9.17, 15) is 18.0 Å². The minimum Gasteiger partial charge on any atom is -0.297 e. The summed E-state index contributed by atoms with van der Waals surface area (Å²) in [6.45, 7) is 1.39. The molecule has 0 unspecified atom stereocenters. The Morgan fingerprint density at radius 3 is 2.44 bits per heavy atom. The van der Waals surface area contributed by atoms with Crippen LogP contribution in [0.3, 0.4) is 0 Å². The highest BCUT2D eigenvalue weighted by atomic mass is 35.5. The molecule has 132 valence electrons. The number of nitrogens with one attached hydrogen (secondary N) is 1. The number of oxime groups is 1. The van der Waals surface area contributed by atoms with Crippen LogP contribution in [0.5, 0.6) is 0 Å². The molecule has 0 atom stereocenters. The van der Waals surface area contributed by atoms with E-state index in [4.69, 9.17) is 23.2 Å². The predicted molar refractivity (Wildman–Crippen MR) is 88.0 cm³/mol. The second kappa shape index (κ2) is 7.71. The molecule has 5 nitrogen and oxygen atoms in total. The summed E-state index contributed by atoms with van der Waals surface area (Å²) in [6.07, 6.45) is -4.84. The molecule has 1 heterocycles. The van der Waals surface area contributed by atoms with Crippen molar-refractivity contribution in [2.45, 2.75) is 13.1 Å². The number of rotatable bonds is 3. The highest BCUT2D eigenvalue weighted by molar-refractivity contribution is 6.33. The summed E-state index contributed by atoms with van der Waals surface area (Å²) < 4.78 is 37.7. The molecule has 0 bridgehead atoms. The van der Waals surface area contributed by atoms with Crippen molar-refractivity contribution in [3.8, 4) is 0 Å². The third kappa shape index (κ3) is 5.33. The molecule has 0 aliphatic rings. The number of alkyl halides is 3. The van der Waals surface area contributed by atoms with Crippen LogP contribution in [-0.4, -0.2) is 16.8 Å². The van der Waals surface area contributed by atoms with Crippen LogP contribution in [0.1, 0.15) is 18.2 Å². The quantitative estimate of drug-likeness (QED) is 0.433. The Bertz CT molecular complexity index is 809. The van der Waals surface area contributed by atoms with E-state index in [1.165, 1.54) is 6.92 Å². The lowest BCUT2D eigenvalue weighted by molar-refractivity contribution is -0.137. The largest absolute Gasteiger partial charge is 0.437 e. The Morgan fingerprint density at radius 2 is 1.88 bits per heavy atom. The van der Waals surface area contributed by atoms with Crippen molar-refractivity contribution < 1.29 is 22.8 Å². The van der Waals surface area contributed by atoms with Crippen LogP contribution >= 0.6 is 23.2 Å². The lowest BCUT2D eigenvalue weighted by Gasteiger charge is -2.08. The fourth-order valence-corrected chi connectivity index (χ4v) is 2.12. The third-order valence-corrected chi connectivity index (χ3v) is 3.41. The van der Waals surface area contributed by atoms with Gasteiger partial charge in [-0.3, -0.25) is 15.1 Å². The number of halogens is 5. The van der Waals surface area contributed by atoms with Gasteiger partial charge < -0.3 is 0 Å². The molecule has 1 aromatic heterocycles. The smallest absolute Gasteiger partial charge is 0.297 e. The number of pyridine rings is 1. The summed E-state index contributed by atoms with van der Waals surface area (Å²) >= 11 is 11.5. The van der Waals surface area contributed by atoms with Crippen LogP contribution in [0.2, 0.25) is 10.0 Å². The molecule has 0 saturated carbocycles. The zero-order valence-corrected chi connectivity index (χ0v) is 14.1. The number of benzene rings is 1. The first-order chi connectivity index (χ1) is 11.7. The number of amides is 1. The summed E-state index contributed by atoms with van der Waals surface area (Å²) in [5, 5.41) is 6.13. The third-order valence-electron chi connectivity index (χ3n) is 2.87. The highest BCUT2D eigenvalue weighted by Crippen LogP contribution is 2.31. The van der Waals surface area contributed by atoms with E-state index in [2.05, 4.69) is 20.3 Å². The number of nitrogens with zero attached hydrogens (tertiary/aromatic N) is 2. The molecule has 25 heavy (non-hydrogen) atoms. The first kappa shape index (κ1) is 19.0. The molecule has 0 aliphatic carbocycles. The number of aromatic nitrogens is 1. The topological polar surface area (TPSA) is 63.6 Å². The maximum Gasteiger partial charge on any atom is 0.437 e. The van der Waals surface area contributed by atoms with Gasteiger partial charge in [-0.15, -0.1) is 0 Å². The minimum atomic E-state index is -4.56. The maximum absolute atomic E-state index is 12.6. The van der Waals surface area contributed by atoms with Crippen LogP contribution in [0.25, 0.3) is 0 Å². The molecule has 1 N–H and O–H groups in total. The number of hydrogen-bond acceptors (Lipinski definition) is 4. The summed E-state index contributed by atoms with van der Waals surface area (Å²) in [7, 11) is 0. The Morgan fingerprint density at radius 1 is 1.24 bits per heavy atom. The van der Waals surface area contributed by atoms with Crippen LogP contribution in [0.4, 0.5) is 23.7 Å². The number of carbonyl (C=O) groups is 1. The van der Waals surface area contributed by atoms with Crippen LogP contribution in [-0.2, 0) is 11.0 Å². The summed E-state index contributed by atoms with van der Waals surface area (Å²) in [4.78, 5) is 19.9. The SMILES string of the molecule is C/C(=N\OC(=O)Nc1ccc(Cl)cc1)c1ncc(C(F)(F)F)cc1Cl. The van der Waals surface area contributed by atoms with E-state index in [0.29, 0.717) is 16.9 Å². The molecule has 10 heteroatoms. The van der Waals surface area contributed by atoms with Gasteiger partial charge in [0.2, 0.25) is 0 Å². The Kier molecular flexibility index (Phi) is 5.86. The van der Waals surface area contributed by atoms with Crippen molar-refractivity contribution in [3.63, 3.8) is 0 Å². The molecular formula is C15H10Cl2F3N3O2. The van der Waals surface area contributed by atoms with Crippen LogP contribution in [0, 0.1) is 0 Å². The fourth-order valence-electron chi connectivity index (χ4n) is 1.69. The van der Waals surface area contributed by atoms with Crippen molar-refractivity contribution in [2.24, 2.45) is 5.16 Å². The summed E-state index contributed by atoms with van der Waals surface area (Å²) in [5.41, 5.74) is -0.567. The lowest BCUT2D eigenvalue weighted by Crippen LogP contribution is -2.13. The maximum atomic E-state index is 12.6. The van der Waals surface area contributed by atoms with Crippen LogP contribution in [0.15, 0.2) is 41.7 Å². The van der Waals surface area contributed by atoms with Crippen molar-refractivity contribution in [1.29, 1.82) is 0 Å². The van der Waals surface area contributed by atoms with E-state index in [-0.39, 0.29) is 16.4 Å². The summed E-state index contributed by atoms with van der Waals surface area (Å²) in [5.74, 6) is 0. The fraction of sp³-hybridized carbons (Fsp3) is 0.133. The van der Waals surface area contributed by atoms with Crippen molar-refractivity contribution >= 4 is 40.7 Å². The van der Waals surface area contributed by atoms with Crippen LogP contribution < -0.4 is 5.32 Å². The van der Waals surface area contributed by atoms with Gasteiger partial charge in [0.15, 0.2) is 0 Å². The zero-order valence-electron chi connectivity index (χ0n) is 12.6. The first-order valence-corrected chi connectivity index (χ1v) is 7.43. The highest BCUT2D eigenvalue weighted by Gasteiger charge is 2.31. The second-order valence-electron chi connectivity index (χ2n) is 4.74. The molecule has 2 rings (SSSR count). The molecule has 0 saturated heterocycles. The van der Waals surface area contributed by atoms with E-state index in [1.807, 2.05) is 0 Å². The monoisotopic (exact) mass is 391 g/mol. The van der Waals surface area contributed by atoms with E-state index < -0.39 is 17.8 Å². The average Bonchev–Trinajstić information content (AvgIpc) is 2.54. The first-order valence-electron chi connectivity index (χ1n) is 6.68. The Labute approximate surface area is 150 Å². The molecule has 0 spiro atoms. The molecule has 1 amide bonds. The van der Waals surface area contributed by atoms with Gasteiger partial charge in [0.25, 0.3) is 0 Å². The lowest BCUT2D eigenvalue weighted by atomic mass is 10.2. The van der Waals surface area contributed by atoms with Gasteiger partial charge in [-0.1, -0.05) is 28.4 Å². The van der Waals surface area contributed by atoms with Gasteiger partial charge in [-0.2, -0.15) is 13.2 Å².